The molecule has 2 N–H and O–H groups in total. The summed E-state index contributed by atoms with van der Waals surface area (Å²) < 4.78 is 31.8. The number of aromatic nitrogens is 4. The zero-order valence-corrected chi connectivity index (χ0v) is 21.1. The third-order valence-corrected chi connectivity index (χ3v) is 6.71. The quantitative estimate of drug-likeness (QED) is 0.338. The summed E-state index contributed by atoms with van der Waals surface area (Å²) in [5.74, 6) is 0.261. The molecule has 11 heteroatoms. The van der Waals surface area contributed by atoms with Gasteiger partial charge in [0.25, 0.3) is 0 Å². The van der Waals surface area contributed by atoms with Crippen LogP contribution in [0, 0.1) is 11.3 Å². The van der Waals surface area contributed by atoms with Crippen LogP contribution in [0.15, 0.2) is 55.0 Å². The Labute approximate surface area is 219 Å². The molecule has 1 aromatic carbocycles. The van der Waals surface area contributed by atoms with Crippen LogP contribution in [-0.2, 0) is 0 Å². The van der Waals surface area contributed by atoms with E-state index in [4.69, 9.17) is 0 Å². The smallest absolute Gasteiger partial charge is 0.387 e. The lowest BCUT2D eigenvalue weighted by atomic mass is 10.0. The predicted octanol–water partition coefficient (Wildman–Crippen LogP) is 4.94. The van der Waals surface area contributed by atoms with Gasteiger partial charge in [0.1, 0.15) is 11.8 Å². The van der Waals surface area contributed by atoms with Gasteiger partial charge in [0, 0.05) is 17.9 Å². The minimum absolute atomic E-state index is 0.0676. The number of nitriles is 1. The number of nitrogens with one attached hydrogen (secondary N) is 2. The van der Waals surface area contributed by atoms with Crippen LogP contribution in [0.1, 0.15) is 36.9 Å². The lowest BCUT2D eigenvalue weighted by Crippen LogP contribution is -2.36. The van der Waals surface area contributed by atoms with Gasteiger partial charge in [-0.3, -0.25) is 4.40 Å². The van der Waals surface area contributed by atoms with Crippen molar-refractivity contribution in [3.8, 4) is 23.2 Å². The number of alkyl halides is 2. The Kier molecular flexibility index (Phi) is 7.33. The average Bonchev–Trinajstić information content (AvgIpc) is 3.35. The van der Waals surface area contributed by atoms with Crippen molar-refractivity contribution in [1.29, 1.82) is 5.26 Å². The highest BCUT2D eigenvalue weighted by Gasteiger charge is 2.19. The highest BCUT2D eigenvalue weighted by Crippen LogP contribution is 2.29. The molecular weight excluding hydrogens is 490 g/mol. The first-order chi connectivity index (χ1) is 18.4. The first kappa shape index (κ1) is 25.4. The molecule has 4 aromatic rings. The van der Waals surface area contributed by atoms with Crippen LogP contribution in [0.2, 0.25) is 0 Å². The summed E-state index contributed by atoms with van der Waals surface area (Å²) in [6.45, 7) is 1.22. The Morgan fingerprint density at radius 2 is 1.87 bits per heavy atom. The van der Waals surface area contributed by atoms with Crippen molar-refractivity contribution < 1.29 is 13.5 Å². The second kappa shape index (κ2) is 11.0. The van der Waals surface area contributed by atoms with Crippen LogP contribution in [0.25, 0.3) is 17.0 Å². The Morgan fingerprint density at radius 1 is 1.11 bits per heavy atom. The molecule has 0 amide bonds. The van der Waals surface area contributed by atoms with Crippen molar-refractivity contribution >= 4 is 17.3 Å². The topological polar surface area (TPSA) is 103 Å². The fourth-order valence-electron chi connectivity index (χ4n) is 4.61. The van der Waals surface area contributed by atoms with Gasteiger partial charge in [-0.25, -0.2) is 15.0 Å². The molecule has 0 bridgehead atoms. The van der Waals surface area contributed by atoms with Crippen molar-refractivity contribution in [1.82, 2.24) is 24.3 Å². The van der Waals surface area contributed by atoms with Crippen LogP contribution in [0.3, 0.4) is 0 Å². The Balaban J connectivity index is 1.34. The molecule has 1 saturated heterocycles. The molecule has 0 unspecified atom stereocenters. The number of piperidine rings is 1. The van der Waals surface area contributed by atoms with E-state index in [1.165, 1.54) is 18.5 Å². The average molecular weight is 519 g/mol. The zero-order valence-electron chi connectivity index (χ0n) is 21.1. The molecule has 0 aliphatic carbocycles. The summed E-state index contributed by atoms with van der Waals surface area (Å²) >= 11 is 0. The van der Waals surface area contributed by atoms with Crippen molar-refractivity contribution in [3.05, 3.63) is 66.1 Å². The number of benzene rings is 1. The van der Waals surface area contributed by atoms with Gasteiger partial charge in [-0.05, 0) is 69.7 Å². The van der Waals surface area contributed by atoms with Crippen molar-refractivity contribution in [2.45, 2.75) is 38.5 Å². The monoisotopic (exact) mass is 518 g/mol. The molecule has 196 valence electrons. The molecule has 9 nitrogen and oxygen atoms in total. The summed E-state index contributed by atoms with van der Waals surface area (Å²) in [6.07, 6.45) is 6.81. The van der Waals surface area contributed by atoms with Gasteiger partial charge >= 0.3 is 6.61 Å². The van der Waals surface area contributed by atoms with E-state index in [1.807, 2.05) is 6.92 Å². The highest BCUT2D eigenvalue weighted by atomic mass is 19.3. The number of fused-ring (bicyclic) bond motifs is 1. The third kappa shape index (κ3) is 5.50. The summed E-state index contributed by atoms with van der Waals surface area (Å²) in [5, 5.41) is 16.6. The number of anilines is 2. The van der Waals surface area contributed by atoms with Crippen LogP contribution in [0.5, 0.6) is 5.75 Å². The molecule has 1 atom stereocenters. The Hall–Kier alpha value is -4.30. The normalized spacial score (nSPS) is 15.4. The highest BCUT2D eigenvalue weighted by molar-refractivity contribution is 5.69. The van der Waals surface area contributed by atoms with Crippen LogP contribution in [0.4, 0.5) is 20.4 Å². The lowest BCUT2D eigenvalue weighted by molar-refractivity contribution is -0.0491. The second-order valence-corrected chi connectivity index (χ2v) is 9.37. The number of pyridine rings is 1. The summed E-state index contributed by atoms with van der Waals surface area (Å²) in [4.78, 5) is 15.5. The van der Waals surface area contributed by atoms with E-state index < -0.39 is 6.61 Å². The number of imidazole rings is 1. The van der Waals surface area contributed by atoms with E-state index >= 15 is 0 Å². The minimum Gasteiger partial charge on any atom is -0.431 e. The maximum atomic E-state index is 12.8. The summed E-state index contributed by atoms with van der Waals surface area (Å²) in [6, 6.07) is 13.7. The van der Waals surface area contributed by atoms with Crippen molar-refractivity contribution in [3.63, 3.8) is 0 Å². The largest absolute Gasteiger partial charge is 0.431 e. The zero-order chi connectivity index (χ0) is 26.6. The molecule has 0 radical (unpaired) electrons. The fourth-order valence-corrected chi connectivity index (χ4v) is 4.61. The van der Waals surface area contributed by atoms with Gasteiger partial charge in [0.05, 0.1) is 29.7 Å². The number of halogens is 2. The molecule has 0 spiro atoms. The molecule has 5 rings (SSSR count). The number of ether oxygens (including phenoxy) is 1. The number of hydrogen-bond donors (Lipinski definition) is 2. The predicted molar refractivity (Wildman–Crippen MR) is 140 cm³/mol. The summed E-state index contributed by atoms with van der Waals surface area (Å²) in [5.41, 5.74) is 3.36. The van der Waals surface area contributed by atoms with E-state index in [2.05, 4.69) is 72.6 Å². The second-order valence-electron chi connectivity index (χ2n) is 9.37. The standard InChI is InChI=1S/C27H28F2N8O/c1-17(18-5-7-20(8-6-18)34-21-9-12-36(2)13-10-21)33-27-32-15-19(14-30)24(35-27)22-16-31-25-23(38-26(28)29)4-3-11-37(22)25/h3-8,11,15-17,21,26,34H,9-10,12-13H2,1-2H3,(H,32,33,35)/t17-/m0/s1. The van der Waals surface area contributed by atoms with Gasteiger partial charge in [-0.2, -0.15) is 14.0 Å². The number of rotatable bonds is 8. The molecule has 38 heavy (non-hydrogen) atoms. The summed E-state index contributed by atoms with van der Waals surface area (Å²) in [7, 11) is 2.15. The van der Waals surface area contributed by atoms with Crippen LogP contribution >= 0.6 is 0 Å². The van der Waals surface area contributed by atoms with E-state index in [0.29, 0.717) is 23.4 Å². The third-order valence-electron chi connectivity index (χ3n) is 6.71. The number of hydrogen-bond acceptors (Lipinski definition) is 8. The molecule has 0 saturated carbocycles. The van der Waals surface area contributed by atoms with Gasteiger partial charge in [0.2, 0.25) is 5.95 Å². The first-order valence-corrected chi connectivity index (χ1v) is 12.4. The molecular formula is C27H28F2N8O. The van der Waals surface area contributed by atoms with Gasteiger partial charge in [0.15, 0.2) is 11.4 Å². The minimum atomic E-state index is -2.98. The molecule has 1 aliphatic heterocycles. The first-order valence-electron chi connectivity index (χ1n) is 12.4. The Bertz CT molecular complexity index is 1440. The SMILES string of the molecule is C[C@H](Nc1ncc(C#N)c(-c2cnc3c(OC(F)F)cccn23)n1)c1ccc(NC2CCN(C)CC2)cc1. The maximum absolute atomic E-state index is 12.8. The molecule has 4 heterocycles. The van der Waals surface area contributed by atoms with Crippen molar-refractivity contribution in [2.75, 3.05) is 30.8 Å². The van der Waals surface area contributed by atoms with Crippen LogP contribution in [-0.4, -0.2) is 57.0 Å². The van der Waals surface area contributed by atoms with Gasteiger partial charge < -0.3 is 20.3 Å². The van der Waals surface area contributed by atoms with E-state index in [0.717, 1.165) is 37.2 Å². The van der Waals surface area contributed by atoms with E-state index in [1.54, 1.807) is 16.7 Å². The fraction of sp³-hybridized carbons (Fsp3) is 0.333. The lowest BCUT2D eigenvalue weighted by Gasteiger charge is -2.30. The van der Waals surface area contributed by atoms with Gasteiger partial charge in [-0.15, -0.1) is 0 Å². The maximum Gasteiger partial charge on any atom is 0.387 e. The molecule has 3 aromatic heterocycles. The van der Waals surface area contributed by atoms with E-state index in [9.17, 15) is 14.0 Å². The molecule has 1 aliphatic rings. The van der Waals surface area contributed by atoms with Crippen LogP contribution < -0.4 is 15.4 Å². The van der Waals surface area contributed by atoms with Crippen molar-refractivity contribution in [2.24, 2.45) is 0 Å². The Morgan fingerprint density at radius 3 is 2.58 bits per heavy atom. The number of nitrogens with zero attached hydrogens (tertiary/aromatic N) is 6. The number of likely N-dealkylation sites (tertiary alicyclic amines) is 1. The molecule has 1 fully saturated rings. The van der Waals surface area contributed by atoms with E-state index in [-0.39, 0.29) is 23.0 Å². The van der Waals surface area contributed by atoms with Gasteiger partial charge in [-0.1, -0.05) is 12.1 Å².